The smallest absolute Gasteiger partial charge is 0.336 e. The van der Waals surface area contributed by atoms with Crippen LogP contribution in [0.4, 0.5) is 0 Å². The van der Waals surface area contributed by atoms with Crippen LogP contribution in [0.5, 0.6) is 0 Å². The summed E-state index contributed by atoms with van der Waals surface area (Å²) in [6.45, 7) is 2.56. The van der Waals surface area contributed by atoms with E-state index in [-0.39, 0.29) is 11.7 Å². The average Bonchev–Trinajstić information content (AvgIpc) is 2.89. The Kier molecular flexibility index (Phi) is 3.02. The average molecular weight is 271 g/mol. The lowest BCUT2D eigenvalue weighted by atomic mass is 10.1. The minimum Gasteiger partial charge on any atom is -0.451 e. The van der Waals surface area contributed by atoms with E-state index in [0.29, 0.717) is 23.1 Å². The van der Waals surface area contributed by atoms with E-state index in [1.54, 1.807) is 24.3 Å². The number of rotatable bonds is 3. The lowest BCUT2D eigenvalue weighted by Crippen LogP contribution is -2.23. The molecule has 2 aromatic heterocycles. The van der Waals surface area contributed by atoms with Crippen LogP contribution in [0.15, 0.2) is 44.0 Å². The van der Waals surface area contributed by atoms with Crippen LogP contribution in [0, 0.1) is 0 Å². The third kappa shape index (κ3) is 2.07. The number of furan rings is 1. The Labute approximate surface area is 114 Å². The summed E-state index contributed by atoms with van der Waals surface area (Å²) >= 11 is 0. The molecule has 1 aromatic carbocycles. The van der Waals surface area contributed by atoms with Gasteiger partial charge in [0.05, 0.1) is 5.39 Å². The predicted molar refractivity (Wildman–Crippen MR) is 74.9 cm³/mol. The standard InChI is InChI=1S/C15H13NO4/c1-2-7-16-15(18)12-8-10-11(19-12)5-3-9-4-6-13(17)20-14(9)10/h3-6,8H,2,7H2,1H3,(H,16,18). The molecule has 0 unspecified atom stereocenters. The molecular weight excluding hydrogens is 258 g/mol. The van der Waals surface area contributed by atoms with Gasteiger partial charge in [0.25, 0.3) is 5.91 Å². The summed E-state index contributed by atoms with van der Waals surface area (Å²) in [5, 5.41) is 4.16. The second-order valence-corrected chi connectivity index (χ2v) is 4.52. The van der Waals surface area contributed by atoms with Crippen molar-refractivity contribution in [1.29, 1.82) is 0 Å². The first kappa shape index (κ1) is 12.5. The summed E-state index contributed by atoms with van der Waals surface area (Å²) in [6, 6.07) is 8.20. The van der Waals surface area contributed by atoms with E-state index in [9.17, 15) is 9.59 Å². The van der Waals surface area contributed by atoms with Gasteiger partial charge in [-0.1, -0.05) is 6.92 Å². The van der Waals surface area contributed by atoms with Crippen molar-refractivity contribution in [3.63, 3.8) is 0 Å². The molecule has 5 heteroatoms. The molecule has 1 amide bonds. The number of nitrogens with one attached hydrogen (secondary N) is 1. The molecule has 0 aliphatic heterocycles. The number of benzene rings is 1. The van der Waals surface area contributed by atoms with Crippen LogP contribution in [-0.2, 0) is 0 Å². The molecule has 0 spiro atoms. The van der Waals surface area contributed by atoms with E-state index in [1.807, 2.05) is 6.92 Å². The van der Waals surface area contributed by atoms with Crippen molar-refractivity contribution in [2.45, 2.75) is 13.3 Å². The van der Waals surface area contributed by atoms with Gasteiger partial charge >= 0.3 is 5.63 Å². The normalized spacial score (nSPS) is 11.1. The Morgan fingerprint density at radius 3 is 2.80 bits per heavy atom. The molecule has 0 aliphatic rings. The van der Waals surface area contributed by atoms with Crippen molar-refractivity contribution in [3.05, 3.63) is 46.5 Å². The summed E-state index contributed by atoms with van der Waals surface area (Å²) in [7, 11) is 0. The summed E-state index contributed by atoms with van der Waals surface area (Å²) in [6.07, 6.45) is 0.851. The van der Waals surface area contributed by atoms with Gasteiger partial charge < -0.3 is 14.2 Å². The maximum absolute atomic E-state index is 11.9. The predicted octanol–water partition coefficient (Wildman–Crippen LogP) is 2.68. The molecule has 5 nitrogen and oxygen atoms in total. The van der Waals surface area contributed by atoms with Crippen LogP contribution in [0.25, 0.3) is 21.9 Å². The zero-order valence-electron chi connectivity index (χ0n) is 10.9. The molecule has 0 fully saturated rings. The van der Waals surface area contributed by atoms with Crippen LogP contribution in [0.1, 0.15) is 23.9 Å². The highest BCUT2D eigenvalue weighted by atomic mass is 16.4. The first-order valence-corrected chi connectivity index (χ1v) is 6.43. The number of amides is 1. The van der Waals surface area contributed by atoms with Gasteiger partial charge in [0.15, 0.2) is 5.76 Å². The van der Waals surface area contributed by atoms with Gasteiger partial charge in [-0.2, -0.15) is 0 Å². The minimum atomic E-state index is -0.428. The van der Waals surface area contributed by atoms with Crippen LogP contribution in [0.3, 0.4) is 0 Å². The zero-order chi connectivity index (χ0) is 14.1. The fourth-order valence-electron chi connectivity index (χ4n) is 2.08. The molecule has 1 N–H and O–H groups in total. The van der Waals surface area contributed by atoms with Crippen molar-refractivity contribution in [1.82, 2.24) is 5.32 Å². The fraction of sp³-hybridized carbons (Fsp3) is 0.200. The van der Waals surface area contributed by atoms with Crippen LogP contribution < -0.4 is 10.9 Å². The van der Waals surface area contributed by atoms with Gasteiger partial charge in [-0.15, -0.1) is 0 Å². The van der Waals surface area contributed by atoms with E-state index < -0.39 is 5.63 Å². The largest absolute Gasteiger partial charge is 0.451 e. The molecule has 0 aliphatic carbocycles. The molecule has 3 rings (SSSR count). The summed E-state index contributed by atoms with van der Waals surface area (Å²) in [5.74, 6) is -0.0538. The van der Waals surface area contributed by atoms with Crippen molar-refractivity contribution in [2.24, 2.45) is 0 Å². The minimum absolute atomic E-state index is 0.215. The molecule has 0 saturated carbocycles. The molecular formula is C15H13NO4. The first-order chi connectivity index (χ1) is 9.69. The Bertz CT molecular complexity index is 844. The van der Waals surface area contributed by atoms with E-state index >= 15 is 0 Å². The fourth-order valence-corrected chi connectivity index (χ4v) is 2.08. The molecule has 0 saturated heterocycles. The highest BCUT2D eigenvalue weighted by Crippen LogP contribution is 2.27. The van der Waals surface area contributed by atoms with Gasteiger partial charge in [0.2, 0.25) is 0 Å². The third-order valence-electron chi connectivity index (χ3n) is 3.04. The Morgan fingerprint density at radius 2 is 2.00 bits per heavy atom. The van der Waals surface area contributed by atoms with Gasteiger partial charge in [0.1, 0.15) is 11.2 Å². The van der Waals surface area contributed by atoms with Crippen LogP contribution in [-0.4, -0.2) is 12.5 Å². The number of fused-ring (bicyclic) bond motifs is 3. The summed E-state index contributed by atoms with van der Waals surface area (Å²) in [5.41, 5.74) is 0.532. The molecule has 20 heavy (non-hydrogen) atoms. The highest BCUT2D eigenvalue weighted by molar-refractivity contribution is 6.05. The SMILES string of the molecule is CCCNC(=O)c1cc2c(ccc3ccc(=O)oc32)o1. The first-order valence-electron chi connectivity index (χ1n) is 6.43. The van der Waals surface area contributed by atoms with Gasteiger partial charge in [0, 0.05) is 24.1 Å². The van der Waals surface area contributed by atoms with Gasteiger partial charge in [-0.05, 0) is 24.6 Å². The van der Waals surface area contributed by atoms with Gasteiger partial charge in [-0.25, -0.2) is 4.79 Å². The summed E-state index contributed by atoms with van der Waals surface area (Å²) in [4.78, 5) is 23.2. The summed E-state index contributed by atoms with van der Waals surface area (Å²) < 4.78 is 10.7. The van der Waals surface area contributed by atoms with Crippen molar-refractivity contribution >= 4 is 27.8 Å². The lowest BCUT2D eigenvalue weighted by Gasteiger charge is -1.98. The van der Waals surface area contributed by atoms with Crippen molar-refractivity contribution in [3.8, 4) is 0 Å². The Balaban J connectivity index is 2.15. The maximum atomic E-state index is 11.9. The van der Waals surface area contributed by atoms with Gasteiger partial charge in [-0.3, -0.25) is 4.79 Å². The van der Waals surface area contributed by atoms with E-state index in [1.165, 1.54) is 6.07 Å². The number of hydrogen-bond donors (Lipinski definition) is 1. The van der Waals surface area contributed by atoms with E-state index in [4.69, 9.17) is 8.83 Å². The Hall–Kier alpha value is -2.56. The molecule has 0 radical (unpaired) electrons. The molecule has 2 heterocycles. The number of carbonyl (C=O) groups excluding carboxylic acids is 1. The second kappa shape index (κ2) is 4.85. The zero-order valence-corrected chi connectivity index (χ0v) is 10.9. The number of carbonyl (C=O) groups is 1. The lowest BCUT2D eigenvalue weighted by molar-refractivity contribution is 0.0928. The van der Waals surface area contributed by atoms with Crippen molar-refractivity contribution in [2.75, 3.05) is 6.54 Å². The quantitative estimate of drug-likeness (QED) is 0.743. The monoisotopic (exact) mass is 271 g/mol. The second-order valence-electron chi connectivity index (χ2n) is 4.52. The molecule has 0 bridgehead atoms. The Morgan fingerprint density at radius 1 is 1.20 bits per heavy atom. The maximum Gasteiger partial charge on any atom is 0.336 e. The van der Waals surface area contributed by atoms with Crippen LogP contribution in [0.2, 0.25) is 0 Å². The number of hydrogen-bond acceptors (Lipinski definition) is 4. The molecule has 0 atom stereocenters. The van der Waals surface area contributed by atoms with Crippen molar-refractivity contribution < 1.29 is 13.6 Å². The highest BCUT2D eigenvalue weighted by Gasteiger charge is 2.14. The van der Waals surface area contributed by atoms with Crippen LogP contribution >= 0.6 is 0 Å². The molecule has 102 valence electrons. The molecule has 3 aromatic rings. The van der Waals surface area contributed by atoms with E-state index in [0.717, 1.165) is 11.8 Å². The topological polar surface area (TPSA) is 72.5 Å². The van der Waals surface area contributed by atoms with E-state index in [2.05, 4.69) is 5.32 Å². The third-order valence-corrected chi connectivity index (χ3v) is 3.04.